The molecule has 0 bridgehead atoms. The lowest BCUT2D eigenvalue weighted by molar-refractivity contribution is 0.0844. The van der Waals surface area contributed by atoms with Crippen molar-refractivity contribution in [3.05, 3.63) is 11.7 Å². The quantitative estimate of drug-likeness (QED) is 0.839. The number of aliphatic hydroxyl groups excluding tert-OH is 1. The molecular formula is C14H24N4O2. The number of hydrogen-bond acceptors (Lipinski definition) is 6. The number of aromatic nitrogens is 2. The minimum atomic E-state index is 0.204. The van der Waals surface area contributed by atoms with Crippen molar-refractivity contribution in [3.63, 3.8) is 0 Å². The molecule has 0 amide bonds. The van der Waals surface area contributed by atoms with Crippen LogP contribution in [0, 0.1) is 0 Å². The van der Waals surface area contributed by atoms with Crippen molar-refractivity contribution in [2.24, 2.45) is 0 Å². The summed E-state index contributed by atoms with van der Waals surface area (Å²) in [7, 11) is 0. The van der Waals surface area contributed by atoms with E-state index in [0.717, 1.165) is 50.9 Å². The van der Waals surface area contributed by atoms with Crippen LogP contribution in [0.5, 0.6) is 0 Å². The van der Waals surface area contributed by atoms with Gasteiger partial charge in [0, 0.05) is 45.2 Å². The Morgan fingerprint density at radius 3 is 2.70 bits per heavy atom. The Labute approximate surface area is 119 Å². The maximum Gasteiger partial charge on any atom is 0.243 e. The van der Waals surface area contributed by atoms with Crippen LogP contribution >= 0.6 is 0 Å². The van der Waals surface area contributed by atoms with Crippen molar-refractivity contribution in [2.75, 3.05) is 39.3 Å². The fraction of sp³-hybridized carbons (Fsp3) is 0.857. The Balaban J connectivity index is 1.51. The molecule has 6 nitrogen and oxygen atoms in total. The molecule has 2 fully saturated rings. The highest BCUT2D eigenvalue weighted by Gasteiger charge is 2.31. The average Bonchev–Trinajstić information content (AvgIpc) is 3.22. The molecule has 20 heavy (non-hydrogen) atoms. The molecule has 1 aromatic heterocycles. The van der Waals surface area contributed by atoms with Crippen molar-refractivity contribution >= 4 is 0 Å². The zero-order chi connectivity index (χ0) is 13.9. The Morgan fingerprint density at radius 2 is 2.05 bits per heavy atom. The van der Waals surface area contributed by atoms with Gasteiger partial charge in [0.05, 0.1) is 6.04 Å². The Hall–Kier alpha value is -0.980. The molecule has 112 valence electrons. The summed E-state index contributed by atoms with van der Waals surface area (Å²) in [5, 5.41) is 13.0. The molecule has 2 heterocycles. The van der Waals surface area contributed by atoms with Crippen LogP contribution in [0.15, 0.2) is 4.52 Å². The van der Waals surface area contributed by atoms with Crippen LogP contribution in [0.25, 0.3) is 0 Å². The summed E-state index contributed by atoms with van der Waals surface area (Å²) in [5.41, 5.74) is 0. The molecule has 1 N–H and O–H groups in total. The van der Waals surface area contributed by atoms with E-state index in [1.54, 1.807) is 0 Å². The van der Waals surface area contributed by atoms with Gasteiger partial charge in [-0.05, 0) is 26.2 Å². The summed E-state index contributed by atoms with van der Waals surface area (Å²) in [6.07, 6.45) is 3.28. The van der Waals surface area contributed by atoms with Gasteiger partial charge in [0.15, 0.2) is 5.82 Å². The zero-order valence-corrected chi connectivity index (χ0v) is 12.2. The van der Waals surface area contributed by atoms with E-state index in [0.29, 0.717) is 5.92 Å². The number of piperazine rings is 1. The van der Waals surface area contributed by atoms with Crippen LogP contribution in [-0.2, 0) is 0 Å². The molecule has 1 aliphatic heterocycles. The lowest BCUT2D eigenvalue weighted by Crippen LogP contribution is -2.47. The smallest absolute Gasteiger partial charge is 0.243 e. The van der Waals surface area contributed by atoms with Crippen LogP contribution < -0.4 is 0 Å². The van der Waals surface area contributed by atoms with E-state index in [4.69, 9.17) is 9.63 Å². The first-order valence-corrected chi connectivity index (χ1v) is 7.68. The highest BCUT2D eigenvalue weighted by molar-refractivity contribution is 5.04. The van der Waals surface area contributed by atoms with Crippen molar-refractivity contribution in [1.29, 1.82) is 0 Å². The van der Waals surface area contributed by atoms with Crippen molar-refractivity contribution < 1.29 is 9.63 Å². The first-order chi connectivity index (χ1) is 9.78. The van der Waals surface area contributed by atoms with Gasteiger partial charge in [-0.2, -0.15) is 4.98 Å². The van der Waals surface area contributed by atoms with Crippen LogP contribution in [0.1, 0.15) is 49.9 Å². The first-order valence-electron chi connectivity index (χ1n) is 7.68. The molecule has 6 heteroatoms. The third kappa shape index (κ3) is 3.19. The van der Waals surface area contributed by atoms with E-state index in [2.05, 4.69) is 26.9 Å². The molecular weight excluding hydrogens is 256 g/mol. The van der Waals surface area contributed by atoms with Crippen molar-refractivity contribution in [2.45, 2.75) is 38.1 Å². The summed E-state index contributed by atoms with van der Waals surface area (Å²) in [5.74, 6) is 2.21. The fourth-order valence-electron chi connectivity index (χ4n) is 2.75. The molecule has 0 unspecified atom stereocenters. The number of rotatable bonds is 6. The van der Waals surface area contributed by atoms with Gasteiger partial charge in [0.25, 0.3) is 0 Å². The monoisotopic (exact) mass is 280 g/mol. The van der Waals surface area contributed by atoms with Crippen LogP contribution in [0.3, 0.4) is 0 Å². The van der Waals surface area contributed by atoms with E-state index < -0.39 is 0 Å². The standard InChI is InChI=1S/C14H24N4O2/c1-11(14-15-13(16-20-14)12-3-4-12)18-8-6-17(7-9-18)5-2-10-19/h11-12,19H,2-10H2,1H3/t11-/m0/s1. The van der Waals surface area contributed by atoms with Gasteiger partial charge in [0.1, 0.15) is 0 Å². The van der Waals surface area contributed by atoms with E-state index >= 15 is 0 Å². The van der Waals surface area contributed by atoms with Gasteiger partial charge in [-0.1, -0.05) is 5.16 Å². The SMILES string of the molecule is C[C@@H](c1nc(C2CC2)no1)N1CCN(CCCO)CC1. The summed E-state index contributed by atoms with van der Waals surface area (Å²) in [6, 6.07) is 0.204. The summed E-state index contributed by atoms with van der Waals surface area (Å²) < 4.78 is 5.42. The van der Waals surface area contributed by atoms with E-state index in [1.165, 1.54) is 12.8 Å². The lowest BCUT2D eigenvalue weighted by atomic mass is 10.2. The van der Waals surface area contributed by atoms with Gasteiger partial charge < -0.3 is 14.5 Å². The highest BCUT2D eigenvalue weighted by Crippen LogP contribution is 2.38. The van der Waals surface area contributed by atoms with E-state index in [1.807, 2.05) is 0 Å². The second-order valence-electron chi connectivity index (χ2n) is 5.90. The number of nitrogens with zero attached hydrogens (tertiary/aromatic N) is 4. The second kappa shape index (κ2) is 6.20. The molecule has 2 aliphatic rings. The van der Waals surface area contributed by atoms with Gasteiger partial charge in [-0.25, -0.2) is 0 Å². The third-order valence-electron chi connectivity index (χ3n) is 4.34. The van der Waals surface area contributed by atoms with Crippen molar-refractivity contribution in [3.8, 4) is 0 Å². The molecule has 1 saturated heterocycles. The summed E-state index contributed by atoms with van der Waals surface area (Å²) >= 11 is 0. The normalized spacial score (nSPS) is 23.1. The summed E-state index contributed by atoms with van der Waals surface area (Å²) in [4.78, 5) is 9.36. The van der Waals surface area contributed by atoms with Gasteiger partial charge in [-0.3, -0.25) is 4.90 Å². The Morgan fingerprint density at radius 1 is 1.30 bits per heavy atom. The maximum atomic E-state index is 8.87. The predicted molar refractivity (Wildman–Crippen MR) is 74.4 cm³/mol. The zero-order valence-electron chi connectivity index (χ0n) is 12.2. The van der Waals surface area contributed by atoms with Gasteiger partial charge >= 0.3 is 0 Å². The molecule has 0 radical (unpaired) electrons. The Bertz CT molecular complexity index is 425. The molecule has 1 saturated carbocycles. The Kier molecular flexibility index (Phi) is 4.33. The summed E-state index contributed by atoms with van der Waals surface area (Å²) in [6.45, 7) is 7.56. The predicted octanol–water partition coefficient (Wildman–Crippen LogP) is 1.01. The number of hydrogen-bond donors (Lipinski definition) is 1. The molecule has 1 atom stereocenters. The minimum absolute atomic E-state index is 0.204. The fourth-order valence-corrected chi connectivity index (χ4v) is 2.75. The van der Waals surface area contributed by atoms with Crippen LogP contribution in [-0.4, -0.2) is 64.4 Å². The molecule has 1 aliphatic carbocycles. The van der Waals surface area contributed by atoms with Crippen LogP contribution in [0.4, 0.5) is 0 Å². The van der Waals surface area contributed by atoms with E-state index in [-0.39, 0.29) is 12.6 Å². The average molecular weight is 280 g/mol. The topological polar surface area (TPSA) is 65.6 Å². The first kappa shape index (κ1) is 14.0. The maximum absolute atomic E-state index is 8.87. The van der Waals surface area contributed by atoms with Crippen molar-refractivity contribution in [1.82, 2.24) is 19.9 Å². The molecule has 0 aromatic carbocycles. The highest BCUT2D eigenvalue weighted by atomic mass is 16.5. The van der Waals surface area contributed by atoms with Crippen LogP contribution in [0.2, 0.25) is 0 Å². The van der Waals surface area contributed by atoms with Gasteiger partial charge in [0.2, 0.25) is 5.89 Å². The third-order valence-corrected chi connectivity index (χ3v) is 4.34. The molecule has 0 spiro atoms. The molecule has 3 rings (SSSR count). The number of aliphatic hydroxyl groups is 1. The minimum Gasteiger partial charge on any atom is -0.396 e. The molecule has 1 aromatic rings. The largest absolute Gasteiger partial charge is 0.396 e. The van der Waals surface area contributed by atoms with E-state index in [9.17, 15) is 0 Å². The van der Waals surface area contributed by atoms with Gasteiger partial charge in [-0.15, -0.1) is 0 Å². The lowest BCUT2D eigenvalue weighted by Gasteiger charge is -2.36. The second-order valence-corrected chi connectivity index (χ2v) is 5.90.